The maximum absolute atomic E-state index is 13.7. The fourth-order valence-electron chi connectivity index (χ4n) is 9.04. The average molecular weight is 677 g/mol. The Kier molecular flexibility index (Phi) is 8.37. The zero-order valence-electron chi connectivity index (χ0n) is 27.7. The topological polar surface area (TPSA) is 77.5 Å². The zero-order chi connectivity index (χ0) is 34.6. The summed E-state index contributed by atoms with van der Waals surface area (Å²) in [5, 5.41) is 0. The predicted molar refractivity (Wildman–Crippen MR) is 175 cm³/mol. The van der Waals surface area contributed by atoms with Crippen molar-refractivity contribution in [3.8, 4) is 17.2 Å². The third-order valence-corrected chi connectivity index (χ3v) is 10.9. The van der Waals surface area contributed by atoms with Gasteiger partial charge in [-0.1, -0.05) is 48.5 Å². The molecule has 0 radical (unpaired) electrons. The number of rotatable bonds is 9. The summed E-state index contributed by atoms with van der Waals surface area (Å²) in [6.07, 6.45) is 0.709. The molecule has 2 aliphatic carbocycles. The molecule has 1 amide bonds. The molecule has 3 aromatic carbocycles. The van der Waals surface area contributed by atoms with Crippen molar-refractivity contribution in [2.45, 2.75) is 74.6 Å². The van der Waals surface area contributed by atoms with Crippen LogP contribution in [0.3, 0.4) is 0 Å². The number of likely N-dealkylation sites (tertiary alicyclic amines) is 1. The molecule has 2 heterocycles. The van der Waals surface area contributed by atoms with Gasteiger partial charge in [0.1, 0.15) is 17.5 Å². The number of methoxy groups -OCH3 is 1. The van der Waals surface area contributed by atoms with E-state index in [1.807, 2.05) is 24.3 Å². The molecule has 8 nitrogen and oxygen atoms in total. The van der Waals surface area contributed by atoms with E-state index in [0.717, 1.165) is 30.6 Å². The highest BCUT2D eigenvalue weighted by Gasteiger charge is 2.75. The molecule has 0 aromatic heterocycles. The van der Waals surface area contributed by atoms with Gasteiger partial charge in [0, 0.05) is 32.2 Å². The van der Waals surface area contributed by atoms with Crippen LogP contribution in [0.5, 0.6) is 17.2 Å². The quantitative estimate of drug-likeness (QED) is 0.200. The number of carbonyl (C=O) groups is 2. The van der Waals surface area contributed by atoms with Gasteiger partial charge in [0.25, 0.3) is 0 Å². The van der Waals surface area contributed by atoms with Crippen LogP contribution >= 0.6 is 0 Å². The van der Waals surface area contributed by atoms with Crippen molar-refractivity contribution in [2.24, 2.45) is 0 Å². The lowest BCUT2D eigenvalue weighted by molar-refractivity contribution is -0.274. The maximum Gasteiger partial charge on any atom is 0.573 e. The Balaban J connectivity index is 1.23. The Labute approximate surface area is 283 Å². The Morgan fingerprint density at radius 2 is 1.88 bits per heavy atom. The number of hydrogen-bond donors (Lipinski definition) is 0. The average Bonchev–Trinajstić information content (AvgIpc) is 3.41. The van der Waals surface area contributed by atoms with Crippen molar-refractivity contribution in [1.29, 1.82) is 0 Å². The lowest BCUT2D eigenvalue weighted by atomic mass is 9.48. The lowest BCUT2D eigenvalue weighted by Gasteiger charge is -2.65. The molecule has 5 atom stereocenters. The van der Waals surface area contributed by atoms with Crippen molar-refractivity contribution >= 4 is 18.0 Å². The third kappa shape index (κ3) is 5.61. The maximum atomic E-state index is 13.7. The van der Waals surface area contributed by atoms with E-state index < -0.39 is 23.5 Å². The van der Waals surface area contributed by atoms with Crippen molar-refractivity contribution in [3.05, 3.63) is 95.1 Å². The molecule has 49 heavy (non-hydrogen) atoms. The molecule has 7 rings (SSSR count). The van der Waals surface area contributed by atoms with E-state index in [4.69, 9.17) is 14.2 Å². The molecule has 3 aromatic rings. The first-order valence-corrected chi connectivity index (χ1v) is 16.6. The van der Waals surface area contributed by atoms with Crippen LogP contribution in [0.15, 0.2) is 72.8 Å². The number of alkyl halides is 3. The standard InChI is InChI=1S/C38H39F3N2O6/c1-24(44)48-37-18-16-29(42(2)32(45)15-12-26-10-7-11-28(22-26)49-38(39,40)41)35-36(37)19-21-43(20-17-25-8-5-4-6-9-25)31(37)23-27-13-14-30(46-3)34(47-35)33(27)36/h4-15,22,29,31,35H,16-21,23H2,1-3H3/t29-,31+,35-,36-,37+/m0/s1. The summed E-state index contributed by atoms with van der Waals surface area (Å²) >= 11 is 0. The molecule has 1 spiro atoms. The van der Waals surface area contributed by atoms with E-state index in [1.165, 1.54) is 42.8 Å². The molecule has 1 saturated heterocycles. The minimum absolute atomic E-state index is 0.0974. The predicted octanol–water partition coefficient (Wildman–Crippen LogP) is 6.10. The summed E-state index contributed by atoms with van der Waals surface area (Å²) in [6.45, 7) is 3.03. The van der Waals surface area contributed by atoms with Gasteiger partial charge in [0.2, 0.25) is 5.91 Å². The van der Waals surface area contributed by atoms with Gasteiger partial charge >= 0.3 is 12.3 Å². The molecule has 2 fully saturated rings. The molecular formula is C38H39F3N2O6. The third-order valence-electron chi connectivity index (χ3n) is 10.9. The van der Waals surface area contributed by atoms with Crippen molar-refractivity contribution < 1.29 is 41.7 Å². The van der Waals surface area contributed by atoms with Gasteiger partial charge in [0.05, 0.1) is 24.6 Å². The van der Waals surface area contributed by atoms with Crippen molar-refractivity contribution in [3.63, 3.8) is 0 Å². The van der Waals surface area contributed by atoms with Gasteiger partial charge in [-0.25, -0.2) is 0 Å². The first-order chi connectivity index (χ1) is 23.5. The number of hydrogen-bond acceptors (Lipinski definition) is 7. The number of benzene rings is 3. The number of likely N-dealkylation sites (N-methyl/N-ethyl adjacent to an activating group) is 1. The highest BCUT2D eigenvalue weighted by Crippen LogP contribution is 2.67. The van der Waals surface area contributed by atoms with Crippen LogP contribution in [0.2, 0.25) is 0 Å². The van der Waals surface area contributed by atoms with Gasteiger partial charge in [-0.15, -0.1) is 13.2 Å². The minimum Gasteiger partial charge on any atom is -0.493 e. The number of esters is 1. The van der Waals surface area contributed by atoms with Gasteiger partial charge in [-0.2, -0.15) is 0 Å². The molecule has 4 aliphatic rings. The Hall–Kier alpha value is -4.51. The first-order valence-electron chi connectivity index (χ1n) is 16.6. The van der Waals surface area contributed by atoms with Crippen LogP contribution in [0.1, 0.15) is 48.4 Å². The van der Waals surface area contributed by atoms with Crippen LogP contribution in [0.4, 0.5) is 13.2 Å². The minimum atomic E-state index is -4.82. The second-order valence-electron chi connectivity index (χ2n) is 13.4. The first kappa shape index (κ1) is 33.0. The number of piperidine rings is 1. The van der Waals surface area contributed by atoms with Crippen LogP contribution in [-0.4, -0.2) is 79.1 Å². The van der Waals surface area contributed by atoms with Gasteiger partial charge in [-0.05, 0) is 79.6 Å². The van der Waals surface area contributed by atoms with E-state index in [9.17, 15) is 22.8 Å². The summed E-state index contributed by atoms with van der Waals surface area (Å²) in [4.78, 5) is 30.9. The van der Waals surface area contributed by atoms with Crippen LogP contribution in [-0.2, 0) is 32.6 Å². The second kappa shape index (κ2) is 12.4. The smallest absolute Gasteiger partial charge is 0.493 e. The normalized spacial score (nSPS) is 26.9. The summed E-state index contributed by atoms with van der Waals surface area (Å²) in [5.74, 6) is 0.186. The van der Waals surface area contributed by atoms with Gasteiger partial charge in [-0.3, -0.25) is 14.5 Å². The van der Waals surface area contributed by atoms with E-state index in [1.54, 1.807) is 25.1 Å². The Morgan fingerprint density at radius 1 is 1.08 bits per heavy atom. The highest BCUT2D eigenvalue weighted by atomic mass is 19.4. The number of nitrogens with zero attached hydrogens (tertiary/aromatic N) is 2. The molecule has 2 bridgehead atoms. The summed E-state index contributed by atoms with van der Waals surface area (Å²) < 4.78 is 61.6. The van der Waals surface area contributed by atoms with Crippen LogP contribution in [0, 0.1) is 0 Å². The van der Waals surface area contributed by atoms with E-state index in [-0.39, 0.29) is 29.7 Å². The number of ether oxygens (including phenoxy) is 4. The molecule has 0 unspecified atom stereocenters. The molecule has 2 aliphatic heterocycles. The fourth-order valence-corrected chi connectivity index (χ4v) is 9.04. The van der Waals surface area contributed by atoms with Gasteiger partial charge < -0.3 is 23.8 Å². The summed E-state index contributed by atoms with van der Waals surface area (Å²) in [5.41, 5.74) is 2.15. The zero-order valence-corrected chi connectivity index (χ0v) is 27.7. The van der Waals surface area contributed by atoms with Gasteiger partial charge in [0.15, 0.2) is 11.5 Å². The molecule has 258 valence electrons. The monoisotopic (exact) mass is 676 g/mol. The summed E-state index contributed by atoms with van der Waals surface area (Å²) in [6, 6.07) is 19.3. The van der Waals surface area contributed by atoms with Crippen LogP contribution < -0.4 is 14.2 Å². The fraction of sp³-hybridized carbons (Fsp3) is 0.421. The second-order valence-corrected chi connectivity index (χ2v) is 13.4. The van der Waals surface area contributed by atoms with E-state index in [0.29, 0.717) is 42.7 Å². The summed E-state index contributed by atoms with van der Waals surface area (Å²) in [7, 11) is 3.32. The number of amides is 1. The van der Waals surface area contributed by atoms with E-state index >= 15 is 0 Å². The number of halogens is 3. The van der Waals surface area contributed by atoms with Crippen molar-refractivity contribution in [2.75, 3.05) is 27.2 Å². The lowest BCUT2D eigenvalue weighted by Crippen LogP contribution is -2.79. The molecular weight excluding hydrogens is 637 g/mol. The largest absolute Gasteiger partial charge is 0.573 e. The van der Waals surface area contributed by atoms with E-state index in [2.05, 4.69) is 27.8 Å². The SMILES string of the molecule is COc1ccc2c3c1O[C@H]1[C@@H](N(C)C(=O)C=Cc4cccc(OC(F)(F)F)c4)CC[C@@]4(OC(C)=O)[C@@H](C2)N(CCc2ccccc2)CC[C@]314. The molecule has 1 saturated carbocycles. The number of carbonyl (C=O) groups excluding carboxylic acids is 2. The highest BCUT2D eigenvalue weighted by molar-refractivity contribution is 5.92. The Bertz CT molecular complexity index is 1780. The molecule has 0 N–H and O–H groups in total. The van der Waals surface area contributed by atoms with Crippen LogP contribution in [0.25, 0.3) is 6.08 Å². The Morgan fingerprint density at radius 3 is 2.61 bits per heavy atom. The molecule has 11 heteroatoms. The van der Waals surface area contributed by atoms with Crippen molar-refractivity contribution in [1.82, 2.24) is 9.80 Å².